The molecule has 1 aromatic rings. The van der Waals surface area contributed by atoms with E-state index in [1.165, 1.54) is 7.11 Å². The lowest BCUT2D eigenvalue weighted by Crippen LogP contribution is -2.41. The molecule has 1 atom stereocenters. The molecule has 9 heteroatoms. The second-order valence-corrected chi connectivity index (χ2v) is 7.76. The Morgan fingerprint density at radius 1 is 1.31 bits per heavy atom. The van der Waals surface area contributed by atoms with Crippen molar-refractivity contribution < 1.29 is 28.6 Å². The van der Waals surface area contributed by atoms with Gasteiger partial charge in [0.1, 0.15) is 6.54 Å². The molecule has 2 aliphatic heterocycles. The van der Waals surface area contributed by atoms with Crippen molar-refractivity contribution in [1.82, 2.24) is 10.2 Å². The molecule has 29 heavy (non-hydrogen) atoms. The summed E-state index contributed by atoms with van der Waals surface area (Å²) in [6, 6.07) is 3.55. The molecule has 3 amide bonds. The largest absolute Gasteiger partial charge is 0.493 e. The Kier molecular flexibility index (Phi) is 6.81. The number of ether oxygens (including phenoxy) is 3. The van der Waals surface area contributed by atoms with Gasteiger partial charge in [-0.05, 0) is 60.9 Å². The summed E-state index contributed by atoms with van der Waals surface area (Å²) in [7, 11) is 3.08. The van der Waals surface area contributed by atoms with E-state index in [9.17, 15) is 14.4 Å². The second-order valence-electron chi connectivity index (χ2n) is 6.77. The highest BCUT2D eigenvalue weighted by Crippen LogP contribution is 2.35. The van der Waals surface area contributed by atoms with Gasteiger partial charge in [0.15, 0.2) is 11.5 Å². The summed E-state index contributed by atoms with van der Waals surface area (Å²) in [4.78, 5) is 38.3. The van der Waals surface area contributed by atoms with Crippen LogP contribution in [-0.4, -0.2) is 62.0 Å². The number of aryl methyl sites for hydroxylation is 1. The van der Waals surface area contributed by atoms with Crippen molar-refractivity contribution in [3.05, 3.63) is 28.2 Å². The van der Waals surface area contributed by atoms with E-state index in [0.717, 1.165) is 40.6 Å². The van der Waals surface area contributed by atoms with Gasteiger partial charge in [-0.25, -0.2) is 0 Å². The number of benzene rings is 1. The molecular weight excluding hydrogens is 396 g/mol. The summed E-state index contributed by atoms with van der Waals surface area (Å²) in [5.41, 5.74) is 1.60. The summed E-state index contributed by atoms with van der Waals surface area (Å²) < 4.78 is 16.0. The summed E-state index contributed by atoms with van der Waals surface area (Å²) in [5.74, 6) is 0.239. The lowest BCUT2D eigenvalue weighted by atomic mass is 10.1. The maximum atomic E-state index is 12.7. The second kappa shape index (κ2) is 9.32. The first-order valence-corrected chi connectivity index (χ1v) is 10.1. The minimum Gasteiger partial charge on any atom is -0.493 e. The molecule has 0 spiro atoms. The Balaban J connectivity index is 1.69. The monoisotopic (exact) mass is 420 g/mol. The van der Waals surface area contributed by atoms with Crippen LogP contribution < -0.4 is 14.8 Å². The summed E-state index contributed by atoms with van der Waals surface area (Å²) in [6.07, 6.45) is 3.51. The van der Waals surface area contributed by atoms with Crippen molar-refractivity contribution in [3.63, 3.8) is 0 Å². The number of amides is 3. The fourth-order valence-electron chi connectivity index (χ4n) is 3.16. The molecule has 2 heterocycles. The Hall–Kier alpha value is -2.52. The van der Waals surface area contributed by atoms with Crippen LogP contribution in [0.25, 0.3) is 6.08 Å². The minimum absolute atomic E-state index is 0.00166. The number of hydrogen-bond acceptors (Lipinski definition) is 7. The SMILES string of the molecule is COc1cc(C)c(/C=C2\SC(=O)N(CC(=O)NC[C@@H]3CCCO3)C2=O)cc1OC. The molecular formula is C20H24N2O6S. The first-order valence-electron chi connectivity index (χ1n) is 9.29. The number of carbonyl (C=O) groups is 3. The van der Waals surface area contributed by atoms with Gasteiger partial charge in [0.05, 0.1) is 25.2 Å². The third-order valence-corrected chi connectivity index (χ3v) is 5.69. The van der Waals surface area contributed by atoms with E-state index < -0.39 is 11.1 Å². The summed E-state index contributed by atoms with van der Waals surface area (Å²) in [6.45, 7) is 2.65. The molecule has 2 aliphatic rings. The highest BCUT2D eigenvalue weighted by Gasteiger charge is 2.36. The molecule has 3 rings (SSSR count). The van der Waals surface area contributed by atoms with Gasteiger partial charge in [-0.2, -0.15) is 0 Å². The minimum atomic E-state index is -0.485. The van der Waals surface area contributed by atoms with Crippen molar-refractivity contribution in [2.45, 2.75) is 25.9 Å². The van der Waals surface area contributed by atoms with E-state index in [1.54, 1.807) is 25.3 Å². The van der Waals surface area contributed by atoms with Crippen molar-refractivity contribution in [2.24, 2.45) is 0 Å². The maximum absolute atomic E-state index is 12.7. The van der Waals surface area contributed by atoms with E-state index in [0.29, 0.717) is 24.7 Å². The average molecular weight is 420 g/mol. The zero-order valence-electron chi connectivity index (χ0n) is 16.6. The van der Waals surface area contributed by atoms with Crippen LogP contribution in [0.15, 0.2) is 17.0 Å². The number of hydrogen-bond donors (Lipinski definition) is 1. The van der Waals surface area contributed by atoms with Gasteiger partial charge < -0.3 is 19.5 Å². The molecule has 0 bridgehead atoms. The van der Waals surface area contributed by atoms with E-state index >= 15 is 0 Å². The Morgan fingerprint density at radius 3 is 2.69 bits per heavy atom. The lowest BCUT2D eigenvalue weighted by Gasteiger charge is -2.14. The van der Waals surface area contributed by atoms with Gasteiger partial charge in [0.2, 0.25) is 5.91 Å². The fourth-order valence-corrected chi connectivity index (χ4v) is 3.99. The van der Waals surface area contributed by atoms with E-state index in [4.69, 9.17) is 14.2 Å². The number of methoxy groups -OCH3 is 2. The molecule has 2 saturated heterocycles. The molecule has 0 saturated carbocycles. The van der Waals surface area contributed by atoms with Crippen molar-refractivity contribution in [1.29, 1.82) is 0 Å². The van der Waals surface area contributed by atoms with Gasteiger partial charge in [-0.15, -0.1) is 0 Å². The number of rotatable bonds is 7. The van der Waals surface area contributed by atoms with E-state index in [1.807, 2.05) is 6.92 Å². The van der Waals surface area contributed by atoms with Crippen molar-refractivity contribution in [3.8, 4) is 11.5 Å². The highest BCUT2D eigenvalue weighted by atomic mass is 32.2. The molecule has 1 aromatic carbocycles. The van der Waals surface area contributed by atoms with E-state index in [-0.39, 0.29) is 23.5 Å². The van der Waals surface area contributed by atoms with Crippen LogP contribution in [0.2, 0.25) is 0 Å². The number of imide groups is 1. The first-order chi connectivity index (χ1) is 13.9. The number of nitrogens with one attached hydrogen (secondary N) is 1. The van der Waals surface area contributed by atoms with Crippen LogP contribution in [0.4, 0.5) is 4.79 Å². The van der Waals surface area contributed by atoms with Crippen LogP contribution in [0, 0.1) is 6.92 Å². The third kappa shape index (κ3) is 4.91. The van der Waals surface area contributed by atoms with Crippen molar-refractivity contribution in [2.75, 3.05) is 33.9 Å². The van der Waals surface area contributed by atoms with Gasteiger partial charge in [0, 0.05) is 13.2 Å². The predicted molar refractivity (Wildman–Crippen MR) is 109 cm³/mol. The molecule has 2 fully saturated rings. The summed E-state index contributed by atoms with van der Waals surface area (Å²) >= 11 is 0.816. The van der Waals surface area contributed by atoms with Crippen molar-refractivity contribution >= 4 is 34.9 Å². The van der Waals surface area contributed by atoms with Crippen LogP contribution in [-0.2, 0) is 14.3 Å². The highest BCUT2D eigenvalue weighted by molar-refractivity contribution is 8.18. The van der Waals surface area contributed by atoms with Crippen LogP contribution in [0.1, 0.15) is 24.0 Å². The molecule has 0 unspecified atom stereocenters. The Morgan fingerprint density at radius 2 is 2.03 bits per heavy atom. The van der Waals surface area contributed by atoms with Gasteiger partial charge in [0.25, 0.3) is 11.1 Å². The quantitative estimate of drug-likeness (QED) is 0.677. The van der Waals surface area contributed by atoms with Gasteiger partial charge in [-0.3, -0.25) is 19.3 Å². The number of carbonyl (C=O) groups excluding carboxylic acids is 3. The first kappa shape index (κ1) is 21.2. The standard InChI is InChI=1S/C20H24N2O6S/c1-12-7-15(26-2)16(27-3)8-13(12)9-17-19(24)22(20(25)29-17)11-18(23)21-10-14-5-4-6-28-14/h7-9,14H,4-6,10-11H2,1-3H3,(H,21,23)/b17-9-/t14-/m0/s1. The topological polar surface area (TPSA) is 94.2 Å². The Bertz CT molecular complexity index is 848. The average Bonchev–Trinajstić information content (AvgIpc) is 3.31. The third-order valence-electron chi connectivity index (χ3n) is 4.79. The van der Waals surface area contributed by atoms with Crippen LogP contribution in [0.5, 0.6) is 11.5 Å². The van der Waals surface area contributed by atoms with Crippen LogP contribution >= 0.6 is 11.8 Å². The van der Waals surface area contributed by atoms with Gasteiger partial charge >= 0.3 is 0 Å². The smallest absolute Gasteiger partial charge is 0.294 e. The molecule has 0 aliphatic carbocycles. The molecule has 1 N–H and O–H groups in total. The van der Waals surface area contributed by atoms with E-state index in [2.05, 4.69) is 5.32 Å². The molecule has 0 aromatic heterocycles. The summed E-state index contributed by atoms with van der Waals surface area (Å²) in [5, 5.41) is 2.26. The lowest BCUT2D eigenvalue weighted by molar-refractivity contribution is -0.129. The zero-order chi connectivity index (χ0) is 21.0. The molecule has 0 radical (unpaired) electrons. The zero-order valence-corrected chi connectivity index (χ0v) is 17.5. The maximum Gasteiger partial charge on any atom is 0.294 e. The van der Waals surface area contributed by atoms with Crippen LogP contribution in [0.3, 0.4) is 0 Å². The van der Waals surface area contributed by atoms with Gasteiger partial charge in [-0.1, -0.05) is 0 Å². The molecule has 8 nitrogen and oxygen atoms in total. The number of thioether (sulfide) groups is 1. The molecule has 156 valence electrons. The fraction of sp³-hybridized carbons (Fsp3) is 0.450. The number of nitrogens with zero attached hydrogens (tertiary/aromatic N) is 1. The Labute approximate surface area is 173 Å². The predicted octanol–water partition coefficient (Wildman–Crippen LogP) is 2.34. The normalized spacial score (nSPS) is 20.4.